The standard InChI is InChI=1S/C17H21FN6O/c1-12-7-13(2)19-8-14(12)9-22-17(25)24-5-3-23(4-6-24)16-20-10-15(18)11-21-16/h7-8,10-11H,3-6,9H2,1-2H3,(H,22,25). The molecule has 8 heteroatoms. The number of urea groups is 1. The van der Waals surface area contributed by atoms with Crippen molar-refractivity contribution < 1.29 is 9.18 Å². The number of piperazine rings is 1. The highest BCUT2D eigenvalue weighted by atomic mass is 19.1. The predicted octanol–water partition coefficient (Wildman–Crippen LogP) is 1.66. The molecule has 0 unspecified atom stereocenters. The number of nitrogens with zero attached hydrogens (tertiary/aromatic N) is 5. The van der Waals surface area contributed by atoms with Gasteiger partial charge in [-0.1, -0.05) is 0 Å². The molecule has 2 amide bonds. The second-order valence-electron chi connectivity index (χ2n) is 6.09. The molecular weight excluding hydrogens is 323 g/mol. The summed E-state index contributed by atoms with van der Waals surface area (Å²) in [5, 5.41) is 2.94. The van der Waals surface area contributed by atoms with Crippen molar-refractivity contribution in [3.05, 3.63) is 47.3 Å². The molecule has 1 N–H and O–H groups in total. The molecule has 1 saturated heterocycles. The summed E-state index contributed by atoms with van der Waals surface area (Å²) >= 11 is 0. The summed E-state index contributed by atoms with van der Waals surface area (Å²) in [4.78, 5) is 28.3. The highest BCUT2D eigenvalue weighted by Gasteiger charge is 2.22. The van der Waals surface area contributed by atoms with Crippen molar-refractivity contribution in [2.75, 3.05) is 31.1 Å². The van der Waals surface area contributed by atoms with Gasteiger partial charge in [-0.05, 0) is 31.0 Å². The summed E-state index contributed by atoms with van der Waals surface area (Å²) in [6.45, 7) is 6.78. The third kappa shape index (κ3) is 4.20. The highest BCUT2D eigenvalue weighted by molar-refractivity contribution is 5.74. The molecule has 1 fully saturated rings. The van der Waals surface area contributed by atoms with Crippen LogP contribution in [0.1, 0.15) is 16.8 Å². The van der Waals surface area contributed by atoms with E-state index in [1.165, 1.54) is 0 Å². The molecular formula is C17H21FN6O. The molecule has 0 bridgehead atoms. The number of aromatic nitrogens is 3. The summed E-state index contributed by atoms with van der Waals surface area (Å²) in [6, 6.07) is 1.91. The maximum absolute atomic E-state index is 12.9. The smallest absolute Gasteiger partial charge is 0.317 e. The summed E-state index contributed by atoms with van der Waals surface area (Å²) in [5.41, 5.74) is 3.09. The van der Waals surface area contributed by atoms with Crippen molar-refractivity contribution in [1.82, 2.24) is 25.2 Å². The lowest BCUT2D eigenvalue weighted by Gasteiger charge is -2.34. The number of hydrogen-bond acceptors (Lipinski definition) is 5. The van der Waals surface area contributed by atoms with Gasteiger partial charge in [0.05, 0.1) is 12.4 Å². The van der Waals surface area contributed by atoms with E-state index in [-0.39, 0.29) is 6.03 Å². The number of carbonyl (C=O) groups excluding carboxylic acids is 1. The molecule has 0 spiro atoms. The zero-order chi connectivity index (χ0) is 17.8. The lowest BCUT2D eigenvalue weighted by atomic mass is 10.1. The van der Waals surface area contributed by atoms with Crippen LogP contribution in [-0.4, -0.2) is 52.1 Å². The summed E-state index contributed by atoms with van der Waals surface area (Å²) in [5.74, 6) is 0.0328. The van der Waals surface area contributed by atoms with E-state index in [9.17, 15) is 9.18 Å². The molecule has 0 aliphatic carbocycles. The van der Waals surface area contributed by atoms with E-state index in [0.29, 0.717) is 38.7 Å². The van der Waals surface area contributed by atoms with Gasteiger partial charge in [0.15, 0.2) is 5.82 Å². The van der Waals surface area contributed by atoms with Gasteiger partial charge in [-0.3, -0.25) is 4.98 Å². The molecule has 0 aromatic carbocycles. The van der Waals surface area contributed by atoms with Gasteiger partial charge in [-0.15, -0.1) is 0 Å². The summed E-state index contributed by atoms with van der Waals surface area (Å²) < 4.78 is 12.9. The second-order valence-corrected chi connectivity index (χ2v) is 6.09. The van der Waals surface area contributed by atoms with Gasteiger partial charge in [0.2, 0.25) is 5.95 Å². The van der Waals surface area contributed by atoms with Crippen molar-refractivity contribution in [2.24, 2.45) is 0 Å². The second kappa shape index (κ2) is 7.42. The Labute approximate surface area is 145 Å². The van der Waals surface area contributed by atoms with Crippen molar-refractivity contribution in [2.45, 2.75) is 20.4 Å². The molecule has 2 aromatic rings. The fourth-order valence-corrected chi connectivity index (χ4v) is 2.77. The first-order chi connectivity index (χ1) is 12.0. The molecule has 1 aliphatic heterocycles. The molecule has 3 rings (SSSR count). The van der Waals surface area contributed by atoms with Crippen LogP contribution < -0.4 is 10.2 Å². The average molecular weight is 344 g/mol. The molecule has 7 nitrogen and oxygen atoms in total. The van der Waals surface area contributed by atoms with E-state index in [1.54, 1.807) is 11.1 Å². The monoisotopic (exact) mass is 344 g/mol. The molecule has 25 heavy (non-hydrogen) atoms. The van der Waals surface area contributed by atoms with E-state index < -0.39 is 5.82 Å². The summed E-state index contributed by atoms with van der Waals surface area (Å²) in [7, 11) is 0. The first-order valence-corrected chi connectivity index (χ1v) is 8.20. The largest absolute Gasteiger partial charge is 0.337 e. The Kier molecular flexibility index (Phi) is 5.06. The minimum atomic E-state index is -0.456. The minimum absolute atomic E-state index is 0.0975. The maximum atomic E-state index is 12.9. The molecule has 0 saturated carbocycles. The molecule has 0 atom stereocenters. The van der Waals surface area contributed by atoms with Crippen molar-refractivity contribution >= 4 is 12.0 Å². The number of carbonyl (C=O) groups is 1. The minimum Gasteiger partial charge on any atom is -0.337 e. The van der Waals surface area contributed by atoms with Gasteiger partial charge in [-0.2, -0.15) is 0 Å². The molecule has 132 valence electrons. The Balaban J connectivity index is 1.50. The lowest BCUT2D eigenvalue weighted by molar-refractivity contribution is 0.193. The van der Waals surface area contributed by atoms with E-state index in [0.717, 1.165) is 29.2 Å². The van der Waals surface area contributed by atoms with Crippen molar-refractivity contribution in [3.63, 3.8) is 0 Å². The van der Waals surface area contributed by atoms with Gasteiger partial charge in [0.25, 0.3) is 0 Å². The Morgan fingerprint density at radius 2 is 1.80 bits per heavy atom. The number of aryl methyl sites for hydroxylation is 2. The first kappa shape index (κ1) is 17.1. The lowest BCUT2D eigenvalue weighted by Crippen LogP contribution is -2.52. The van der Waals surface area contributed by atoms with Crippen LogP contribution >= 0.6 is 0 Å². The van der Waals surface area contributed by atoms with Crippen LogP contribution in [0.25, 0.3) is 0 Å². The number of nitrogens with one attached hydrogen (secondary N) is 1. The van der Waals surface area contributed by atoms with Crippen LogP contribution in [0.15, 0.2) is 24.7 Å². The zero-order valence-electron chi connectivity index (χ0n) is 14.4. The van der Waals surface area contributed by atoms with Crippen LogP contribution in [-0.2, 0) is 6.54 Å². The molecule has 2 aromatic heterocycles. The van der Waals surface area contributed by atoms with Crippen LogP contribution in [0.2, 0.25) is 0 Å². The fraction of sp³-hybridized carbons (Fsp3) is 0.412. The Hall–Kier alpha value is -2.77. The number of rotatable bonds is 3. The van der Waals surface area contributed by atoms with Gasteiger partial charge in [0.1, 0.15) is 0 Å². The maximum Gasteiger partial charge on any atom is 0.317 e. The topological polar surface area (TPSA) is 74.2 Å². The Bertz CT molecular complexity index is 743. The Morgan fingerprint density at radius 1 is 1.12 bits per heavy atom. The first-order valence-electron chi connectivity index (χ1n) is 8.20. The van der Waals surface area contributed by atoms with E-state index in [4.69, 9.17) is 0 Å². The van der Waals surface area contributed by atoms with Crippen LogP contribution in [0.3, 0.4) is 0 Å². The summed E-state index contributed by atoms with van der Waals surface area (Å²) in [6.07, 6.45) is 4.10. The van der Waals surface area contributed by atoms with Gasteiger partial charge in [0, 0.05) is 44.6 Å². The quantitative estimate of drug-likeness (QED) is 0.917. The average Bonchev–Trinajstić information content (AvgIpc) is 2.61. The van der Waals surface area contributed by atoms with Gasteiger partial charge in [-0.25, -0.2) is 19.2 Å². The SMILES string of the molecule is Cc1cc(C)c(CNC(=O)N2CCN(c3ncc(F)cn3)CC2)cn1. The number of pyridine rings is 1. The van der Waals surface area contributed by atoms with Gasteiger partial charge >= 0.3 is 6.03 Å². The van der Waals surface area contributed by atoms with Crippen molar-refractivity contribution in [3.8, 4) is 0 Å². The van der Waals surface area contributed by atoms with Gasteiger partial charge < -0.3 is 15.1 Å². The predicted molar refractivity (Wildman–Crippen MR) is 91.7 cm³/mol. The zero-order valence-corrected chi connectivity index (χ0v) is 14.4. The molecule has 3 heterocycles. The fourth-order valence-electron chi connectivity index (χ4n) is 2.77. The van der Waals surface area contributed by atoms with E-state index >= 15 is 0 Å². The van der Waals surface area contributed by atoms with Crippen LogP contribution in [0.4, 0.5) is 15.1 Å². The van der Waals surface area contributed by atoms with Crippen LogP contribution in [0, 0.1) is 19.7 Å². The van der Waals surface area contributed by atoms with E-state index in [2.05, 4.69) is 20.3 Å². The number of anilines is 1. The Morgan fingerprint density at radius 3 is 2.44 bits per heavy atom. The number of amides is 2. The highest BCUT2D eigenvalue weighted by Crippen LogP contribution is 2.11. The number of halogens is 1. The molecule has 1 aliphatic rings. The third-order valence-electron chi connectivity index (χ3n) is 4.24. The molecule has 0 radical (unpaired) electrons. The van der Waals surface area contributed by atoms with E-state index in [1.807, 2.05) is 24.8 Å². The normalized spacial score (nSPS) is 14.5. The van der Waals surface area contributed by atoms with Crippen LogP contribution in [0.5, 0.6) is 0 Å². The third-order valence-corrected chi connectivity index (χ3v) is 4.24. The number of hydrogen-bond donors (Lipinski definition) is 1. The van der Waals surface area contributed by atoms with Crippen molar-refractivity contribution in [1.29, 1.82) is 0 Å².